The van der Waals surface area contributed by atoms with E-state index in [1.165, 1.54) is 0 Å². The van der Waals surface area contributed by atoms with Gasteiger partial charge in [-0.25, -0.2) is 0 Å². The molecule has 0 fully saturated rings. The van der Waals surface area contributed by atoms with E-state index in [2.05, 4.69) is 23.9 Å². The third-order valence-electron chi connectivity index (χ3n) is 3.11. The molecule has 1 aromatic carbocycles. The topological polar surface area (TPSA) is 82.1 Å². The van der Waals surface area contributed by atoms with Crippen LogP contribution in [0.25, 0.3) is 0 Å². The number of benzene rings is 1. The molecule has 0 radical (unpaired) electrons. The van der Waals surface area contributed by atoms with Crippen molar-refractivity contribution >= 4 is 5.84 Å². The fourth-order valence-electron chi connectivity index (χ4n) is 1.97. The molecule has 0 saturated heterocycles. The van der Waals surface area contributed by atoms with Gasteiger partial charge in [-0.05, 0) is 25.8 Å². The first kappa shape index (κ1) is 15.5. The van der Waals surface area contributed by atoms with E-state index in [0.29, 0.717) is 12.6 Å². The predicted octanol–water partition coefficient (Wildman–Crippen LogP) is 1.37. The van der Waals surface area contributed by atoms with Crippen LogP contribution < -0.4 is 5.73 Å². The summed E-state index contributed by atoms with van der Waals surface area (Å²) in [7, 11) is 0. The maximum Gasteiger partial charge on any atom is 0.170 e. The number of nitrogens with zero attached hydrogens (tertiary/aromatic N) is 2. The Morgan fingerprint density at radius 1 is 1.37 bits per heavy atom. The smallest absolute Gasteiger partial charge is 0.170 e. The molecule has 0 amide bonds. The number of aliphatic hydroxyl groups is 1. The van der Waals surface area contributed by atoms with Crippen molar-refractivity contribution in [2.24, 2.45) is 10.9 Å². The number of nitrogens with two attached hydrogens (primary N) is 1. The van der Waals surface area contributed by atoms with Gasteiger partial charge in [-0.15, -0.1) is 0 Å². The van der Waals surface area contributed by atoms with Crippen molar-refractivity contribution in [2.75, 3.05) is 13.2 Å². The average Bonchev–Trinajstić information content (AvgIpc) is 2.42. The summed E-state index contributed by atoms with van der Waals surface area (Å²) < 4.78 is 0. The second-order valence-electron chi connectivity index (χ2n) is 4.78. The van der Waals surface area contributed by atoms with Crippen LogP contribution in [0.5, 0.6) is 0 Å². The standard InChI is InChI=1S/C14H23N3O2/c1-11(2)17(8-5-9-18)10-12-6-3-4-7-13(12)14(15)16-19/h3-4,6-7,11,18-19H,5,8-10H2,1-2H3,(H2,15,16). The minimum absolute atomic E-state index is 0.126. The Labute approximate surface area is 114 Å². The van der Waals surface area contributed by atoms with Crippen LogP contribution in [0, 0.1) is 0 Å². The van der Waals surface area contributed by atoms with Crippen molar-refractivity contribution in [3.63, 3.8) is 0 Å². The van der Waals surface area contributed by atoms with E-state index in [-0.39, 0.29) is 12.4 Å². The van der Waals surface area contributed by atoms with Crippen LogP contribution in [0.1, 0.15) is 31.4 Å². The van der Waals surface area contributed by atoms with Gasteiger partial charge in [0.05, 0.1) is 0 Å². The highest BCUT2D eigenvalue weighted by atomic mass is 16.4. The van der Waals surface area contributed by atoms with E-state index in [9.17, 15) is 0 Å². The second-order valence-corrected chi connectivity index (χ2v) is 4.78. The Balaban J connectivity index is 2.90. The zero-order chi connectivity index (χ0) is 14.3. The number of amidine groups is 1. The van der Waals surface area contributed by atoms with Crippen molar-refractivity contribution in [1.29, 1.82) is 0 Å². The summed E-state index contributed by atoms with van der Waals surface area (Å²) in [6.45, 7) is 5.95. The maximum atomic E-state index is 8.95. The van der Waals surface area contributed by atoms with Gasteiger partial charge < -0.3 is 16.0 Å². The van der Waals surface area contributed by atoms with E-state index < -0.39 is 0 Å². The lowest BCUT2D eigenvalue weighted by molar-refractivity contribution is 0.185. The van der Waals surface area contributed by atoms with Gasteiger partial charge in [0.2, 0.25) is 0 Å². The van der Waals surface area contributed by atoms with Crippen molar-refractivity contribution in [3.8, 4) is 0 Å². The van der Waals surface area contributed by atoms with Crippen molar-refractivity contribution < 1.29 is 10.3 Å². The minimum Gasteiger partial charge on any atom is -0.409 e. The zero-order valence-electron chi connectivity index (χ0n) is 11.6. The molecule has 106 valence electrons. The van der Waals surface area contributed by atoms with E-state index in [4.69, 9.17) is 16.0 Å². The van der Waals surface area contributed by atoms with Gasteiger partial charge in [0.15, 0.2) is 5.84 Å². The molecular formula is C14H23N3O2. The van der Waals surface area contributed by atoms with Crippen molar-refractivity contribution in [3.05, 3.63) is 35.4 Å². The van der Waals surface area contributed by atoms with E-state index in [1.54, 1.807) is 0 Å². The van der Waals surface area contributed by atoms with Gasteiger partial charge in [0.1, 0.15) is 0 Å². The van der Waals surface area contributed by atoms with Gasteiger partial charge >= 0.3 is 0 Å². The summed E-state index contributed by atoms with van der Waals surface area (Å²) in [6, 6.07) is 7.99. The molecule has 5 nitrogen and oxygen atoms in total. The largest absolute Gasteiger partial charge is 0.409 e. The van der Waals surface area contributed by atoms with Gasteiger partial charge in [-0.3, -0.25) is 4.90 Å². The first-order chi connectivity index (χ1) is 9.10. The summed E-state index contributed by atoms with van der Waals surface area (Å²) >= 11 is 0. The Morgan fingerprint density at radius 2 is 2.05 bits per heavy atom. The zero-order valence-corrected chi connectivity index (χ0v) is 11.6. The normalized spacial score (nSPS) is 12.4. The van der Waals surface area contributed by atoms with E-state index in [1.807, 2.05) is 24.3 Å². The highest BCUT2D eigenvalue weighted by molar-refractivity contribution is 5.98. The maximum absolute atomic E-state index is 8.95. The molecule has 0 aliphatic rings. The average molecular weight is 265 g/mol. The van der Waals surface area contributed by atoms with Gasteiger partial charge in [0.25, 0.3) is 0 Å². The molecule has 0 unspecified atom stereocenters. The number of aliphatic hydroxyl groups excluding tert-OH is 1. The summed E-state index contributed by atoms with van der Waals surface area (Å²) in [6.07, 6.45) is 0.740. The fourth-order valence-corrected chi connectivity index (χ4v) is 1.97. The van der Waals surface area contributed by atoms with Crippen LogP contribution in [-0.4, -0.2) is 40.2 Å². The van der Waals surface area contributed by atoms with Crippen LogP contribution in [-0.2, 0) is 6.54 Å². The molecule has 0 atom stereocenters. The lowest BCUT2D eigenvalue weighted by atomic mass is 10.1. The monoisotopic (exact) mass is 265 g/mol. The molecule has 0 aliphatic heterocycles. The minimum atomic E-state index is 0.126. The van der Waals surface area contributed by atoms with E-state index in [0.717, 1.165) is 24.1 Å². The highest BCUT2D eigenvalue weighted by Gasteiger charge is 2.13. The molecule has 0 heterocycles. The third kappa shape index (κ3) is 4.54. The molecule has 19 heavy (non-hydrogen) atoms. The van der Waals surface area contributed by atoms with Gasteiger partial charge in [0, 0.05) is 31.3 Å². The summed E-state index contributed by atoms with van der Waals surface area (Å²) in [5.41, 5.74) is 7.46. The quantitative estimate of drug-likeness (QED) is 0.301. The lowest BCUT2D eigenvalue weighted by Gasteiger charge is -2.27. The molecule has 1 aromatic rings. The van der Waals surface area contributed by atoms with Gasteiger partial charge in [-0.1, -0.05) is 29.4 Å². The summed E-state index contributed by atoms with van der Waals surface area (Å²) in [5.74, 6) is 0.126. The molecule has 0 aliphatic carbocycles. The SMILES string of the molecule is CC(C)N(CCCO)Cc1ccccc1C(N)=NO. The summed E-state index contributed by atoms with van der Waals surface area (Å²) in [5, 5.41) is 20.8. The first-order valence-electron chi connectivity index (χ1n) is 6.50. The Hall–Kier alpha value is -1.59. The number of hydrogen-bond donors (Lipinski definition) is 3. The predicted molar refractivity (Wildman–Crippen MR) is 76.2 cm³/mol. The molecule has 5 heteroatoms. The molecule has 4 N–H and O–H groups in total. The number of hydrogen-bond acceptors (Lipinski definition) is 4. The molecule has 0 aromatic heterocycles. The second kappa shape index (κ2) is 7.76. The molecule has 0 bridgehead atoms. The highest BCUT2D eigenvalue weighted by Crippen LogP contribution is 2.14. The molecule has 1 rings (SSSR count). The Kier molecular flexibility index (Phi) is 6.32. The first-order valence-corrected chi connectivity index (χ1v) is 6.50. The van der Waals surface area contributed by atoms with Crippen LogP contribution in [0.2, 0.25) is 0 Å². The molecular weight excluding hydrogens is 242 g/mol. The number of rotatable bonds is 7. The van der Waals surface area contributed by atoms with Crippen molar-refractivity contribution in [2.45, 2.75) is 32.9 Å². The van der Waals surface area contributed by atoms with Crippen LogP contribution >= 0.6 is 0 Å². The summed E-state index contributed by atoms with van der Waals surface area (Å²) in [4.78, 5) is 2.25. The fraction of sp³-hybridized carbons (Fsp3) is 0.500. The molecule has 0 spiro atoms. The Morgan fingerprint density at radius 3 is 2.63 bits per heavy atom. The lowest BCUT2D eigenvalue weighted by Crippen LogP contribution is -2.32. The molecule has 0 saturated carbocycles. The van der Waals surface area contributed by atoms with Crippen molar-refractivity contribution in [1.82, 2.24) is 4.90 Å². The van der Waals surface area contributed by atoms with Crippen LogP contribution in [0.3, 0.4) is 0 Å². The Bertz CT molecular complexity index is 419. The van der Waals surface area contributed by atoms with E-state index >= 15 is 0 Å². The number of oxime groups is 1. The van der Waals surface area contributed by atoms with Gasteiger partial charge in [-0.2, -0.15) is 0 Å². The van der Waals surface area contributed by atoms with Crippen LogP contribution in [0.15, 0.2) is 29.4 Å². The third-order valence-corrected chi connectivity index (χ3v) is 3.11. The van der Waals surface area contributed by atoms with Crippen LogP contribution in [0.4, 0.5) is 0 Å².